The topological polar surface area (TPSA) is 87.1 Å². The second-order valence-corrected chi connectivity index (χ2v) is 5.09. The molecule has 1 rings (SSSR count). The van der Waals surface area contributed by atoms with Crippen LogP contribution in [-0.2, 0) is 9.53 Å². The van der Waals surface area contributed by atoms with Crippen molar-refractivity contribution in [2.75, 3.05) is 6.61 Å². The Morgan fingerprint density at radius 3 is 2.56 bits per heavy atom. The van der Waals surface area contributed by atoms with Crippen LogP contribution in [0.2, 0.25) is 0 Å². The summed E-state index contributed by atoms with van der Waals surface area (Å²) in [6.07, 6.45) is -2.34. The summed E-state index contributed by atoms with van der Waals surface area (Å²) in [6.45, 7) is 5.54. The molecule has 0 bridgehead atoms. The minimum Gasteiger partial charge on any atom is -0.447 e. The Morgan fingerprint density at radius 2 is 2.06 bits per heavy atom. The van der Waals surface area contributed by atoms with E-state index < -0.39 is 24.2 Å². The molecule has 0 saturated carbocycles. The van der Waals surface area contributed by atoms with Crippen molar-refractivity contribution >= 4 is 12.0 Å². The van der Waals surface area contributed by atoms with Gasteiger partial charge >= 0.3 is 6.09 Å². The van der Waals surface area contributed by atoms with E-state index in [0.717, 1.165) is 4.90 Å². The normalized spacial score (nSPS) is 23.1. The molecule has 0 spiro atoms. The number of hydrogen-bond acceptors (Lipinski definition) is 5. The van der Waals surface area contributed by atoms with Crippen molar-refractivity contribution < 1.29 is 24.5 Å². The molecule has 3 atom stereocenters. The van der Waals surface area contributed by atoms with Crippen LogP contribution in [0, 0.1) is 5.92 Å². The lowest BCUT2D eigenvalue weighted by molar-refractivity contribution is -0.132. The molecule has 0 radical (unpaired) electrons. The lowest BCUT2D eigenvalue weighted by Gasteiger charge is -2.23. The summed E-state index contributed by atoms with van der Waals surface area (Å²) < 4.78 is 4.86. The maximum atomic E-state index is 11.9. The maximum Gasteiger partial charge on any atom is 0.416 e. The molecule has 6 nitrogen and oxygen atoms in total. The third kappa shape index (κ3) is 3.68. The molecule has 104 valence electrons. The maximum absolute atomic E-state index is 11.9. The summed E-state index contributed by atoms with van der Waals surface area (Å²) in [5.74, 6) is -0.348. The van der Waals surface area contributed by atoms with E-state index >= 15 is 0 Å². The van der Waals surface area contributed by atoms with Gasteiger partial charge in [0.05, 0.1) is 24.7 Å². The van der Waals surface area contributed by atoms with Gasteiger partial charge in [-0.05, 0) is 19.3 Å². The summed E-state index contributed by atoms with van der Waals surface area (Å²) in [7, 11) is 0. The molecule has 1 fully saturated rings. The monoisotopic (exact) mass is 259 g/mol. The second kappa shape index (κ2) is 6.15. The van der Waals surface area contributed by atoms with Gasteiger partial charge in [0.15, 0.2) is 0 Å². The molecule has 0 aromatic carbocycles. The number of amides is 2. The Kier molecular flexibility index (Phi) is 5.10. The number of aliphatic hydroxyl groups is 2. The van der Waals surface area contributed by atoms with Gasteiger partial charge in [0.2, 0.25) is 5.91 Å². The van der Waals surface area contributed by atoms with E-state index in [2.05, 4.69) is 0 Å². The van der Waals surface area contributed by atoms with Crippen LogP contribution in [0.15, 0.2) is 0 Å². The Balaban J connectivity index is 2.61. The van der Waals surface area contributed by atoms with Crippen LogP contribution in [0.3, 0.4) is 0 Å². The number of ether oxygens (including phenoxy) is 1. The fourth-order valence-corrected chi connectivity index (χ4v) is 1.99. The van der Waals surface area contributed by atoms with Gasteiger partial charge < -0.3 is 14.9 Å². The SMILES string of the molecule is CC(C)[C@H]1COC(=O)N1C(=O)C[C@@H](O)C[C@@H](C)O. The van der Waals surface area contributed by atoms with E-state index in [1.54, 1.807) is 0 Å². The highest BCUT2D eigenvalue weighted by molar-refractivity contribution is 5.93. The molecule has 18 heavy (non-hydrogen) atoms. The number of aliphatic hydroxyl groups excluding tert-OH is 2. The number of hydrogen-bond donors (Lipinski definition) is 2. The average molecular weight is 259 g/mol. The van der Waals surface area contributed by atoms with Crippen molar-refractivity contribution in [2.45, 2.75) is 51.9 Å². The standard InChI is InChI=1S/C12H21NO5/c1-7(2)10-6-18-12(17)13(10)11(16)5-9(15)4-8(3)14/h7-10,14-15H,4-6H2,1-3H3/t8-,9+,10-/m1/s1. The minimum absolute atomic E-state index is 0.106. The summed E-state index contributed by atoms with van der Waals surface area (Å²) in [6, 6.07) is -0.274. The molecule has 1 heterocycles. The fraction of sp³-hybridized carbons (Fsp3) is 0.833. The summed E-state index contributed by atoms with van der Waals surface area (Å²) in [5, 5.41) is 18.7. The zero-order chi connectivity index (χ0) is 13.9. The van der Waals surface area contributed by atoms with Crippen molar-refractivity contribution in [1.29, 1.82) is 0 Å². The third-order valence-corrected chi connectivity index (χ3v) is 2.97. The highest BCUT2D eigenvalue weighted by Crippen LogP contribution is 2.21. The molecule has 0 aromatic heterocycles. The fourth-order valence-electron chi connectivity index (χ4n) is 1.99. The quantitative estimate of drug-likeness (QED) is 0.751. The second-order valence-electron chi connectivity index (χ2n) is 5.09. The summed E-state index contributed by atoms with van der Waals surface area (Å²) in [5.41, 5.74) is 0. The molecule has 1 aliphatic rings. The molecule has 6 heteroatoms. The molecular formula is C12H21NO5. The minimum atomic E-state index is -0.946. The van der Waals surface area contributed by atoms with Crippen LogP contribution in [0.25, 0.3) is 0 Å². The summed E-state index contributed by atoms with van der Waals surface area (Å²) >= 11 is 0. The van der Waals surface area contributed by atoms with Crippen molar-refractivity contribution in [3.63, 3.8) is 0 Å². The summed E-state index contributed by atoms with van der Waals surface area (Å²) in [4.78, 5) is 24.5. The number of rotatable bonds is 5. The number of nitrogens with zero attached hydrogens (tertiary/aromatic N) is 1. The lowest BCUT2D eigenvalue weighted by Crippen LogP contribution is -2.43. The zero-order valence-corrected chi connectivity index (χ0v) is 11.0. The van der Waals surface area contributed by atoms with Crippen LogP contribution in [0.5, 0.6) is 0 Å². The molecule has 2 N–H and O–H groups in total. The van der Waals surface area contributed by atoms with E-state index in [0.29, 0.717) is 0 Å². The Morgan fingerprint density at radius 1 is 1.44 bits per heavy atom. The van der Waals surface area contributed by atoms with Crippen molar-refractivity contribution in [3.05, 3.63) is 0 Å². The van der Waals surface area contributed by atoms with Crippen LogP contribution in [0.4, 0.5) is 4.79 Å². The van der Waals surface area contributed by atoms with E-state index in [4.69, 9.17) is 9.84 Å². The molecule has 2 amide bonds. The molecule has 0 unspecified atom stereocenters. The first-order valence-electron chi connectivity index (χ1n) is 6.17. The molecule has 0 aromatic rings. The van der Waals surface area contributed by atoms with E-state index in [1.165, 1.54) is 6.92 Å². The first kappa shape index (κ1) is 14.9. The molecule has 1 saturated heterocycles. The number of cyclic esters (lactones) is 1. The largest absolute Gasteiger partial charge is 0.447 e. The predicted molar refractivity (Wildman–Crippen MR) is 63.7 cm³/mol. The van der Waals surface area contributed by atoms with E-state index in [-0.39, 0.29) is 31.4 Å². The van der Waals surface area contributed by atoms with E-state index in [9.17, 15) is 14.7 Å². The van der Waals surface area contributed by atoms with Gasteiger partial charge in [0, 0.05) is 0 Å². The van der Waals surface area contributed by atoms with Gasteiger partial charge in [-0.1, -0.05) is 13.8 Å². The van der Waals surface area contributed by atoms with Gasteiger partial charge in [0.1, 0.15) is 6.61 Å². The van der Waals surface area contributed by atoms with Gasteiger partial charge in [-0.3, -0.25) is 4.79 Å². The van der Waals surface area contributed by atoms with Crippen molar-refractivity contribution in [1.82, 2.24) is 4.90 Å². The van der Waals surface area contributed by atoms with Gasteiger partial charge in [0.25, 0.3) is 0 Å². The first-order valence-corrected chi connectivity index (χ1v) is 6.17. The molecular weight excluding hydrogens is 238 g/mol. The number of carbonyl (C=O) groups excluding carboxylic acids is 2. The number of imide groups is 1. The third-order valence-electron chi connectivity index (χ3n) is 2.97. The lowest BCUT2D eigenvalue weighted by atomic mass is 10.0. The molecule has 0 aliphatic carbocycles. The van der Waals surface area contributed by atoms with Crippen LogP contribution >= 0.6 is 0 Å². The van der Waals surface area contributed by atoms with Crippen LogP contribution < -0.4 is 0 Å². The van der Waals surface area contributed by atoms with E-state index in [1.807, 2.05) is 13.8 Å². The Bertz CT molecular complexity index is 316. The Hall–Kier alpha value is -1.14. The van der Waals surface area contributed by atoms with Crippen LogP contribution in [-0.4, -0.2) is 52.0 Å². The van der Waals surface area contributed by atoms with Crippen LogP contribution in [0.1, 0.15) is 33.6 Å². The van der Waals surface area contributed by atoms with Gasteiger partial charge in [-0.25, -0.2) is 9.69 Å². The Labute approximate surface area is 107 Å². The molecule has 1 aliphatic heterocycles. The van der Waals surface area contributed by atoms with Crippen molar-refractivity contribution in [3.8, 4) is 0 Å². The first-order chi connectivity index (χ1) is 8.32. The predicted octanol–water partition coefficient (Wildman–Crippen LogP) is 0.512. The highest BCUT2D eigenvalue weighted by Gasteiger charge is 2.39. The van der Waals surface area contributed by atoms with Crippen molar-refractivity contribution in [2.24, 2.45) is 5.92 Å². The number of carbonyl (C=O) groups is 2. The van der Waals surface area contributed by atoms with Gasteiger partial charge in [-0.2, -0.15) is 0 Å². The average Bonchev–Trinajstić information content (AvgIpc) is 2.58. The smallest absolute Gasteiger partial charge is 0.416 e. The zero-order valence-electron chi connectivity index (χ0n) is 11.0. The highest BCUT2D eigenvalue weighted by atomic mass is 16.6. The van der Waals surface area contributed by atoms with Gasteiger partial charge in [-0.15, -0.1) is 0 Å².